The second-order valence-corrected chi connectivity index (χ2v) is 5.14. The van der Waals surface area contributed by atoms with Gasteiger partial charge in [0.1, 0.15) is 2.82 Å². The Morgan fingerprint density at radius 2 is 1.45 bits per heavy atom. The topological polar surface area (TPSA) is 26.0 Å². The maximum Gasteiger partial charge on any atom is 0.119 e. The molecule has 0 unspecified atom stereocenters. The minimum Gasteiger partial charge on any atom is -0.325 e. The largest absolute Gasteiger partial charge is 0.325 e. The molecule has 0 amide bonds. The van der Waals surface area contributed by atoms with E-state index in [0.29, 0.717) is 0 Å². The van der Waals surface area contributed by atoms with Gasteiger partial charge >= 0.3 is 0 Å². The summed E-state index contributed by atoms with van der Waals surface area (Å²) in [6, 6.07) is 0. The maximum atomic E-state index is 7.55. The van der Waals surface area contributed by atoms with Gasteiger partial charge < -0.3 is 5.72 Å². The minimum atomic E-state index is -0.0330. The van der Waals surface area contributed by atoms with E-state index in [4.69, 9.17) is 2.82 Å². The highest BCUT2D eigenvalue weighted by Gasteiger charge is 2.48. The van der Waals surface area contributed by atoms with Gasteiger partial charge in [0.25, 0.3) is 0 Å². The van der Waals surface area contributed by atoms with Crippen LogP contribution >= 0.6 is 0 Å². The fraction of sp³-hybridized carbons (Fsp3) is 1.00. The van der Waals surface area contributed by atoms with Crippen molar-refractivity contribution in [2.24, 2.45) is 23.5 Å². The third kappa shape index (κ3) is 0.868. The summed E-state index contributed by atoms with van der Waals surface area (Å²) in [5.41, 5.74) is 1.01. The number of hydrogen-bond donors (Lipinski definition) is 1. The van der Waals surface area contributed by atoms with E-state index in [1.807, 2.05) is 0 Å². The molecule has 1 heteroatoms. The molecule has 2 N–H and O–H groups in total. The van der Waals surface area contributed by atoms with Crippen LogP contribution in [0.4, 0.5) is 0 Å². The Labute approximate surface area is 71.3 Å². The Hall–Kier alpha value is -0.0400. The molecule has 4 saturated carbocycles. The van der Waals surface area contributed by atoms with E-state index in [1.165, 1.54) is 19.3 Å². The van der Waals surface area contributed by atoms with Gasteiger partial charge in [-0.05, 0) is 56.3 Å². The summed E-state index contributed by atoms with van der Waals surface area (Å²) < 4.78 is 15.1. The lowest BCUT2D eigenvalue weighted by atomic mass is 9.53. The molecule has 4 aliphatic carbocycles. The fourth-order valence-corrected chi connectivity index (χ4v) is 4.06. The summed E-state index contributed by atoms with van der Waals surface area (Å²) in [4.78, 5) is 0. The molecule has 0 saturated heterocycles. The Balaban J connectivity index is 1.91. The standard InChI is InChI=1S/C10H17N/c11-10-4-7-1-8(5-10)3-9(2-7)6-10/h7-9H,1-6,11H2/i/hD2. The van der Waals surface area contributed by atoms with Gasteiger partial charge in [-0.15, -0.1) is 0 Å². The molecule has 0 aliphatic heterocycles. The highest BCUT2D eigenvalue weighted by atomic mass is 14.8. The van der Waals surface area contributed by atoms with E-state index >= 15 is 0 Å². The maximum absolute atomic E-state index is 7.55. The molecular formula is C10H17N. The highest BCUT2D eigenvalue weighted by molar-refractivity contribution is 5.04. The van der Waals surface area contributed by atoms with Crippen LogP contribution in [0.2, 0.25) is 2.82 Å². The van der Waals surface area contributed by atoms with Gasteiger partial charge in [-0.25, -0.2) is 0 Å². The van der Waals surface area contributed by atoms with Gasteiger partial charge in [0.15, 0.2) is 0 Å². The van der Waals surface area contributed by atoms with E-state index < -0.39 is 0 Å². The van der Waals surface area contributed by atoms with Gasteiger partial charge in [0.05, 0.1) is 0 Å². The normalized spacial score (nSPS) is 63.2. The summed E-state index contributed by atoms with van der Waals surface area (Å²) in [5, 5.41) is 0. The summed E-state index contributed by atoms with van der Waals surface area (Å²) in [6.45, 7) is 0. The number of nitrogens with two attached hydrogens (primary N) is 1. The molecule has 4 aliphatic rings. The first-order valence-corrected chi connectivity index (χ1v) is 4.96. The van der Waals surface area contributed by atoms with Crippen molar-refractivity contribution in [3.63, 3.8) is 0 Å². The molecule has 4 fully saturated rings. The van der Waals surface area contributed by atoms with Crippen LogP contribution in [0.5, 0.6) is 0 Å². The summed E-state index contributed by atoms with van der Waals surface area (Å²) in [5.74, 6) is 2.55. The third-order valence-corrected chi connectivity index (χ3v) is 4.01. The van der Waals surface area contributed by atoms with E-state index in [1.54, 1.807) is 0 Å². The molecule has 0 heterocycles. The van der Waals surface area contributed by atoms with E-state index in [9.17, 15) is 0 Å². The average molecular weight is 153 g/mol. The lowest BCUT2D eigenvalue weighted by molar-refractivity contribution is 0.000365. The number of hydrogen-bond acceptors (Lipinski definition) is 1. The average Bonchev–Trinajstić information content (AvgIpc) is 2.00. The van der Waals surface area contributed by atoms with Gasteiger partial charge in [-0.3, -0.25) is 0 Å². The van der Waals surface area contributed by atoms with Crippen molar-refractivity contribution in [1.82, 2.24) is 0 Å². The molecule has 62 valence electrons. The van der Waals surface area contributed by atoms with Crippen molar-refractivity contribution < 1.29 is 2.82 Å². The predicted octanol–water partition coefficient (Wildman–Crippen LogP) is 1.91. The van der Waals surface area contributed by atoms with Crippen LogP contribution in [0.25, 0.3) is 0 Å². The van der Waals surface area contributed by atoms with E-state index in [2.05, 4.69) is 0 Å². The summed E-state index contributed by atoms with van der Waals surface area (Å²) in [7, 11) is 0. The highest BCUT2D eigenvalue weighted by Crippen LogP contribution is 2.54. The monoisotopic (exact) mass is 153 g/mol. The molecule has 0 aromatic rings. The first-order chi connectivity index (χ1) is 6.18. The van der Waals surface area contributed by atoms with Crippen molar-refractivity contribution in [2.45, 2.75) is 44.1 Å². The van der Waals surface area contributed by atoms with Crippen LogP contribution in [0.1, 0.15) is 38.5 Å². The van der Waals surface area contributed by atoms with Crippen LogP contribution in [-0.4, -0.2) is 5.54 Å². The molecule has 0 atom stereocenters. The van der Waals surface area contributed by atoms with Gasteiger partial charge in [-0.2, -0.15) is 0 Å². The smallest absolute Gasteiger partial charge is 0.119 e. The Morgan fingerprint density at radius 3 is 1.82 bits per heavy atom. The SMILES string of the molecule is [2H]N([2H])C12CC3CC(CC(C3)C1)C2. The minimum absolute atomic E-state index is 0.0330. The molecule has 4 rings (SSSR count). The van der Waals surface area contributed by atoms with Crippen LogP contribution in [0.3, 0.4) is 0 Å². The molecule has 11 heavy (non-hydrogen) atoms. The predicted molar refractivity (Wildman–Crippen MR) is 45.1 cm³/mol. The second-order valence-electron chi connectivity index (χ2n) is 5.14. The van der Waals surface area contributed by atoms with Crippen molar-refractivity contribution in [3.8, 4) is 0 Å². The van der Waals surface area contributed by atoms with Crippen LogP contribution < -0.4 is 5.72 Å². The zero-order valence-electron chi connectivity index (χ0n) is 8.92. The van der Waals surface area contributed by atoms with Crippen molar-refractivity contribution in [2.75, 3.05) is 0 Å². The molecule has 0 aromatic heterocycles. The van der Waals surface area contributed by atoms with E-state index in [-0.39, 0.29) is 5.54 Å². The second kappa shape index (κ2) is 1.82. The summed E-state index contributed by atoms with van der Waals surface area (Å²) in [6.07, 6.45) is 7.58. The van der Waals surface area contributed by atoms with Gasteiger partial charge in [-0.1, -0.05) is 0 Å². The lowest BCUT2D eigenvalue weighted by Crippen LogP contribution is -2.55. The molecule has 0 aromatic carbocycles. The lowest BCUT2D eigenvalue weighted by Gasteiger charge is -2.55. The molecule has 0 radical (unpaired) electrons. The van der Waals surface area contributed by atoms with Gasteiger partial charge in [0.2, 0.25) is 0 Å². The van der Waals surface area contributed by atoms with E-state index in [0.717, 1.165) is 42.7 Å². The van der Waals surface area contributed by atoms with Crippen LogP contribution in [-0.2, 0) is 0 Å². The molecule has 1 nitrogen and oxygen atoms in total. The zero-order valence-corrected chi connectivity index (χ0v) is 6.92. The van der Waals surface area contributed by atoms with Crippen LogP contribution in [0.15, 0.2) is 0 Å². The van der Waals surface area contributed by atoms with Crippen molar-refractivity contribution in [1.29, 1.82) is 0 Å². The molecule has 4 bridgehead atoms. The molecule has 0 spiro atoms. The fourth-order valence-electron chi connectivity index (χ4n) is 4.06. The quantitative estimate of drug-likeness (QED) is 0.612. The van der Waals surface area contributed by atoms with Crippen LogP contribution in [0, 0.1) is 17.8 Å². The van der Waals surface area contributed by atoms with Crippen molar-refractivity contribution >= 4 is 0 Å². The Bertz CT molecular complexity index is 192. The first kappa shape index (κ1) is 4.86. The first-order valence-electron chi connectivity index (χ1n) is 5.85. The third-order valence-electron chi connectivity index (χ3n) is 4.01. The van der Waals surface area contributed by atoms with Crippen molar-refractivity contribution in [3.05, 3.63) is 0 Å². The Kier molecular flexibility index (Phi) is 0.804. The zero-order chi connectivity index (χ0) is 9.05. The molecular weight excluding hydrogens is 134 g/mol. The Morgan fingerprint density at radius 1 is 1.00 bits per heavy atom. The summed E-state index contributed by atoms with van der Waals surface area (Å²) >= 11 is 0. The van der Waals surface area contributed by atoms with Gasteiger partial charge in [0, 0.05) is 5.54 Å². The number of rotatable bonds is 1.